The van der Waals surface area contributed by atoms with Crippen molar-refractivity contribution < 1.29 is 27.1 Å². The lowest BCUT2D eigenvalue weighted by atomic mass is 9.79. The summed E-state index contributed by atoms with van der Waals surface area (Å²) in [6, 6.07) is 2.34. The summed E-state index contributed by atoms with van der Waals surface area (Å²) in [7, 11) is 0. The van der Waals surface area contributed by atoms with Gasteiger partial charge < -0.3 is 10.3 Å². The summed E-state index contributed by atoms with van der Waals surface area (Å²) < 4.78 is 65.7. The van der Waals surface area contributed by atoms with Crippen molar-refractivity contribution in [3.63, 3.8) is 0 Å². The Hall–Kier alpha value is -3.01. The molecule has 0 saturated carbocycles. The summed E-state index contributed by atoms with van der Waals surface area (Å²) in [4.78, 5) is 7.07. The Morgan fingerprint density at radius 3 is 2.81 bits per heavy atom. The van der Waals surface area contributed by atoms with Crippen LogP contribution in [0.3, 0.4) is 0 Å². The van der Waals surface area contributed by atoms with E-state index >= 15 is 0 Å². The van der Waals surface area contributed by atoms with Gasteiger partial charge in [-0.2, -0.15) is 9.49 Å². The molecule has 1 N–H and O–H groups in total. The molecule has 2 aromatic heterocycles. The van der Waals surface area contributed by atoms with Crippen molar-refractivity contribution in [3.8, 4) is 0 Å². The molecule has 0 bridgehead atoms. The van der Waals surface area contributed by atoms with Gasteiger partial charge in [0, 0.05) is 11.6 Å². The monoisotopic (exact) mass is 368 g/mol. The standard InChI is InChI=1S/C16H14F3N5O2/c1-10(15-14(19)5-24(26)9-21-15)16(25,6-23-8-20-7-22-23)12-3-2-11(17)4-13(12)18/h2-5,7-10,25H,6H2,1H3/t10-,16+/m0/s1/i5D,7D,8D. The number of aromatic nitrogens is 5. The first-order valence-corrected chi connectivity index (χ1v) is 7.34. The van der Waals surface area contributed by atoms with Gasteiger partial charge in [-0.05, 0) is 11.1 Å². The van der Waals surface area contributed by atoms with Gasteiger partial charge in [-0.15, -0.1) is 0 Å². The molecule has 0 saturated heterocycles. The van der Waals surface area contributed by atoms with Gasteiger partial charge in [-0.25, -0.2) is 23.2 Å². The topological polar surface area (TPSA) is 90.8 Å². The molecular formula is C16H14F3N5O2. The van der Waals surface area contributed by atoms with Crippen LogP contribution in [0.1, 0.15) is 28.2 Å². The Morgan fingerprint density at radius 2 is 2.15 bits per heavy atom. The van der Waals surface area contributed by atoms with Crippen LogP contribution in [0.4, 0.5) is 13.2 Å². The van der Waals surface area contributed by atoms with Crippen LogP contribution in [0.5, 0.6) is 0 Å². The quantitative estimate of drug-likeness (QED) is 0.543. The first-order chi connectivity index (χ1) is 13.5. The van der Waals surface area contributed by atoms with Crippen molar-refractivity contribution in [2.24, 2.45) is 0 Å². The molecule has 0 aliphatic carbocycles. The number of rotatable bonds is 5. The lowest BCUT2D eigenvalue weighted by molar-refractivity contribution is -0.610. The van der Waals surface area contributed by atoms with Gasteiger partial charge in [0.2, 0.25) is 5.82 Å². The number of benzene rings is 1. The molecule has 0 fully saturated rings. The highest BCUT2D eigenvalue weighted by atomic mass is 19.1. The maximum absolute atomic E-state index is 14.5. The van der Waals surface area contributed by atoms with E-state index in [0.717, 1.165) is 16.8 Å². The van der Waals surface area contributed by atoms with Crippen LogP contribution in [-0.2, 0) is 12.1 Å². The van der Waals surface area contributed by atoms with Crippen molar-refractivity contribution >= 4 is 0 Å². The Labute approximate surface area is 150 Å². The molecule has 0 spiro atoms. The molecule has 0 unspecified atom stereocenters. The minimum absolute atomic E-state index is 0.130. The summed E-state index contributed by atoms with van der Waals surface area (Å²) in [6.45, 7) is 0.590. The minimum atomic E-state index is -2.36. The molecule has 136 valence electrons. The largest absolute Gasteiger partial charge is 0.711 e. The Kier molecular flexibility index (Phi) is 3.66. The molecule has 3 aromatic rings. The van der Waals surface area contributed by atoms with Crippen molar-refractivity contribution in [2.45, 2.75) is 25.0 Å². The molecule has 3 rings (SSSR count). The van der Waals surface area contributed by atoms with E-state index < -0.39 is 65.6 Å². The van der Waals surface area contributed by atoms with E-state index in [1.807, 2.05) is 0 Å². The highest BCUT2D eigenvalue weighted by molar-refractivity contribution is 5.29. The summed E-state index contributed by atoms with van der Waals surface area (Å²) >= 11 is 0. The normalized spacial score (nSPS) is 16.4. The van der Waals surface area contributed by atoms with Gasteiger partial charge in [-0.1, -0.05) is 13.0 Å². The van der Waals surface area contributed by atoms with Crippen molar-refractivity contribution in [2.75, 3.05) is 0 Å². The fraction of sp³-hybridized carbons (Fsp3) is 0.250. The maximum Gasteiger partial charge on any atom is 0.289 e. The van der Waals surface area contributed by atoms with Crippen molar-refractivity contribution in [1.82, 2.24) is 19.7 Å². The number of aliphatic hydroxyl groups is 1. The summed E-state index contributed by atoms with van der Waals surface area (Å²) in [5, 5.41) is 26.4. The SMILES string of the molecule is [2H]c1nc([2H])n(C[C@](O)(c2ccc(F)cc2F)[C@@H](C)c2nc[n+]([O-])c([2H])c2F)n1. The summed E-state index contributed by atoms with van der Waals surface area (Å²) in [6.07, 6.45) is -1.50. The number of hydrogen-bond acceptors (Lipinski definition) is 5. The minimum Gasteiger partial charge on any atom is -0.711 e. The molecule has 1 aromatic carbocycles. The molecule has 0 aliphatic heterocycles. The molecule has 26 heavy (non-hydrogen) atoms. The fourth-order valence-electron chi connectivity index (χ4n) is 2.66. The van der Waals surface area contributed by atoms with Gasteiger partial charge in [-0.3, -0.25) is 0 Å². The van der Waals surface area contributed by atoms with E-state index in [-0.39, 0.29) is 4.73 Å². The average molecular weight is 368 g/mol. The van der Waals surface area contributed by atoms with Gasteiger partial charge in [0.1, 0.15) is 40.1 Å². The lowest BCUT2D eigenvalue weighted by Crippen LogP contribution is -2.39. The van der Waals surface area contributed by atoms with Crippen LogP contribution in [-0.4, -0.2) is 24.9 Å². The van der Waals surface area contributed by atoms with Gasteiger partial charge >= 0.3 is 0 Å². The van der Waals surface area contributed by atoms with Crippen LogP contribution in [0.15, 0.2) is 43.3 Å². The molecule has 0 radical (unpaired) electrons. The molecule has 2 atom stereocenters. The van der Waals surface area contributed by atoms with Crippen LogP contribution < -0.4 is 4.73 Å². The zero-order valence-electron chi connectivity index (χ0n) is 16.3. The van der Waals surface area contributed by atoms with E-state index in [0.29, 0.717) is 12.4 Å². The summed E-state index contributed by atoms with van der Waals surface area (Å²) in [5.74, 6) is -4.78. The van der Waals surface area contributed by atoms with E-state index in [4.69, 9.17) is 4.11 Å². The van der Waals surface area contributed by atoms with E-state index in [2.05, 4.69) is 15.1 Å². The summed E-state index contributed by atoms with van der Waals surface area (Å²) in [5.41, 5.74) is -3.34. The molecule has 7 nitrogen and oxygen atoms in total. The van der Waals surface area contributed by atoms with E-state index in [9.17, 15) is 23.5 Å². The third kappa shape index (κ3) is 3.23. The third-order valence-corrected chi connectivity index (χ3v) is 4.03. The highest BCUT2D eigenvalue weighted by Gasteiger charge is 2.43. The lowest BCUT2D eigenvalue weighted by Gasteiger charge is -2.33. The van der Waals surface area contributed by atoms with Gasteiger partial charge in [0.05, 0.1) is 12.5 Å². The molecule has 0 aliphatic rings. The van der Waals surface area contributed by atoms with Crippen LogP contribution in [0.2, 0.25) is 0 Å². The fourth-order valence-corrected chi connectivity index (χ4v) is 2.66. The second-order valence-corrected chi connectivity index (χ2v) is 5.62. The molecule has 10 heteroatoms. The maximum atomic E-state index is 14.5. The highest BCUT2D eigenvalue weighted by Crippen LogP contribution is 2.39. The van der Waals surface area contributed by atoms with Crippen LogP contribution >= 0.6 is 0 Å². The Morgan fingerprint density at radius 1 is 1.38 bits per heavy atom. The van der Waals surface area contributed by atoms with E-state index in [1.165, 1.54) is 6.92 Å². The molecule has 2 heterocycles. The van der Waals surface area contributed by atoms with Gasteiger partial charge in [0.15, 0.2) is 5.69 Å². The molecule has 0 amide bonds. The third-order valence-electron chi connectivity index (χ3n) is 4.03. The van der Waals surface area contributed by atoms with Crippen LogP contribution in [0.25, 0.3) is 0 Å². The first kappa shape index (κ1) is 14.2. The predicted molar refractivity (Wildman–Crippen MR) is 81.8 cm³/mol. The predicted octanol–water partition coefficient (Wildman–Crippen LogP) is 1.42. The van der Waals surface area contributed by atoms with Crippen LogP contribution in [0, 0.1) is 22.7 Å². The average Bonchev–Trinajstić information content (AvgIpc) is 2.96. The zero-order valence-corrected chi connectivity index (χ0v) is 13.3. The number of halogens is 3. The van der Waals surface area contributed by atoms with E-state index in [1.54, 1.807) is 0 Å². The molecular weight excluding hydrogens is 351 g/mol. The Bertz CT molecular complexity index is 1080. The second kappa shape index (κ2) is 6.71. The first-order valence-electron chi connectivity index (χ1n) is 8.84. The smallest absolute Gasteiger partial charge is 0.289 e. The van der Waals surface area contributed by atoms with Crippen molar-refractivity contribution in [1.29, 1.82) is 0 Å². The Balaban J connectivity index is 2.19. The van der Waals surface area contributed by atoms with Gasteiger partial charge in [0.25, 0.3) is 6.33 Å². The zero-order chi connectivity index (χ0) is 21.5. The second-order valence-electron chi connectivity index (χ2n) is 5.62. The number of nitrogens with zero attached hydrogens (tertiary/aromatic N) is 5. The number of hydrogen-bond donors (Lipinski definition) is 1. The van der Waals surface area contributed by atoms with Crippen molar-refractivity contribution in [3.05, 3.63) is 77.2 Å².